The van der Waals surface area contributed by atoms with Crippen molar-refractivity contribution in [2.24, 2.45) is 11.8 Å². The van der Waals surface area contributed by atoms with Crippen molar-refractivity contribution in [3.63, 3.8) is 0 Å². The van der Waals surface area contributed by atoms with Crippen molar-refractivity contribution in [1.82, 2.24) is 24.4 Å². The molecule has 1 aromatic heterocycles. The third kappa shape index (κ3) is 9.45. The molecule has 1 fully saturated rings. The van der Waals surface area contributed by atoms with E-state index >= 15 is 0 Å². The zero-order valence-electron chi connectivity index (χ0n) is 27.3. The second kappa shape index (κ2) is 16.1. The number of nitrogens with one attached hydrogen (secondary N) is 1. The van der Waals surface area contributed by atoms with Crippen LogP contribution in [0.2, 0.25) is 10.0 Å². The van der Waals surface area contributed by atoms with Crippen molar-refractivity contribution in [1.29, 1.82) is 0 Å². The van der Waals surface area contributed by atoms with Crippen LogP contribution in [-0.2, 0) is 27.8 Å². The van der Waals surface area contributed by atoms with E-state index in [9.17, 15) is 23.1 Å². The Morgan fingerprint density at radius 1 is 1.06 bits per heavy atom. The molecular formula is C33H43Cl2N5O5S2. The Labute approximate surface area is 291 Å². The largest absolute Gasteiger partial charge is 0.390 e. The second-order valence-corrected chi connectivity index (χ2v) is 16.4. The van der Waals surface area contributed by atoms with Crippen LogP contribution in [0.5, 0.6) is 0 Å². The van der Waals surface area contributed by atoms with Crippen LogP contribution in [0.3, 0.4) is 0 Å². The van der Waals surface area contributed by atoms with E-state index in [2.05, 4.69) is 10.3 Å². The zero-order chi connectivity index (χ0) is 34.5. The standard InChI is InChI=1S/C33H43Cl2N5O5S2/c1-21(2)17-39(47(44,45)26-11-12-27(34)28(35)16-26)19-30(41)29(15-24-9-7-6-8-10-24)37-32(42)31(22(3)4)40-14-13-38(33(40)43)18-25-20-46-23(5)36-25/h6-12,16,20-22,29-31,41H,13-15,17-19H2,1-5H3,(H,37,42)/t29-,30-,31-/m0/s1. The van der Waals surface area contributed by atoms with Gasteiger partial charge in [0, 0.05) is 31.6 Å². The smallest absolute Gasteiger partial charge is 0.321 e. The summed E-state index contributed by atoms with van der Waals surface area (Å²) in [6.45, 7) is 10.5. The van der Waals surface area contributed by atoms with Crippen LogP contribution >= 0.6 is 34.5 Å². The Bertz CT molecular complexity index is 1640. The van der Waals surface area contributed by atoms with E-state index < -0.39 is 34.1 Å². The highest BCUT2D eigenvalue weighted by atomic mass is 35.5. The van der Waals surface area contributed by atoms with Crippen LogP contribution in [-0.4, -0.2) is 88.9 Å². The Morgan fingerprint density at radius 3 is 2.36 bits per heavy atom. The molecule has 3 amide bonds. The molecule has 1 saturated heterocycles. The SMILES string of the molecule is Cc1nc(CN2CCN([C@H](C(=O)N[C@@H](Cc3ccccc3)[C@@H](O)CN(CC(C)C)S(=O)(=O)c3ccc(Cl)c(Cl)c3)C(C)C)C2=O)cs1. The van der Waals surface area contributed by atoms with Crippen molar-refractivity contribution in [2.45, 2.75) is 70.7 Å². The summed E-state index contributed by atoms with van der Waals surface area (Å²) in [6.07, 6.45) is -1.05. The molecule has 2 N–H and O–H groups in total. The number of hydrogen-bond acceptors (Lipinski definition) is 7. The van der Waals surface area contributed by atoms with Crippen LogP contribution in [0, 0.1) is 18.8 Å². The van der Waals surface area contributed by atoms with E-state index in [-0.39, 0.29) is 52.3 Å². The zero-order valence-corrected chi connectivity index (χ0v) is 30.4. The maximum absolute atomic E-state index is 14.0. The van der Waals surface area contributed by atoms with Gasteiger partial charge in [0.05, 0.1) is 44.3 Å². The molecule has 0 bridgehead atoms. The highest BCUT2D eigenvalue weighted by molar-refractivity contribution is 7.89. The monoisotopic (exact) mass is 723 g/mol. The van der Waals surface area contributed by atoms with Gasteiger partial charge in [-0.25, -0.2) is 18.2 Å². The lowest BCUT2D eigenvalue weighted by Crippen LogP contribution is -2.57. The average molecular weight is 725 g/mol. The number of thiazole rings is 1. The highest BCUT2D eigenvalue weighted by Gasteiger charge is 2.40. The van der Waals surface area contributed by atoms with Gasteiger partial charge in [0.25, 0.3) is 0 Å². The number of amides is 3. The van der Waals surface area contributed by atoms with Crippen molar-refractivity contribution >= 4 is 56.5 Å². The number of halogens is 2. The van der Waals surface area contributed by atoms with E-state index in [0.717, 1.165) is 16.3 Å². The van der Waals surface area contributed by atoms with E-state index in [1.165, 1.54) is 33.8 Å². The van der Waals surface area contributed by atoms with Crippen LogP contribution in [0.4, 0.5) is 4.79 Å². The molecule has 0 radical (unpaired) electrons. The minimum Gasteiger partial charge on any atom is -0.390 e. The molecule has 0 aliphatic carbocycles. The molecule has 256 valence electrons. The molecule has 2 aromatic carbocycles. The predicted molar refractivity (Wildman–Crippen MR) is 186 cm³/mol. The summed E-state index contributed by atoms with van der Waals surface area (Å²) in [5, 5.41) is 17.9. The molecule has 0 spiro atoms. The Morgan fingerprint density at radius 2 is 1.77 bits per heavy atom. The van der Waals surface area contributed by atoms with Gasteiger partial charge >= 0.3 is 6.03 Å². The summed E-state index contributed by atoms with van der Waals surface area (Å²) in [5.74, 6) is -0.714. The van der Waals surface area contributed by atoms with Crippen molar-refractivity contribution in [3.8, 4) is 0 Å². The number of aryl methyl sites for hydroxylation is 1. The molecule has 3 aromatic rings. The molecule has 0 unspecified atom stereocenters. The lowest BCUT2D eigenvalue weighted by atomic mass is 9.97. The van der Waals surface area contributed by atoms with E-state index in [0.29, 0.717) is 19.6 Å². The van der Waals surface area contributed by atoms with Gasteiger partial charge in [0.15, 0.2) is 0 Å². The number of rotatable bonds is 15. The van der Waals surface area contributed by atoms with Crippen LogP contribution in [0.15, 0.2) is 58.8 Å². The van der Waals surface area contributed by atoms with Crippen molar-refractivity contribution in [2.75, 3.05) is 26.2 Å². The maximum atomic E-state index is 14.0. The lowest BCUT2D eigenvalue weighted by molar-refractivity contribution is -0.128. The van der Waals surface area contributed by atoms with Gasteiger partial charge in [-0.2, -0.15) is 4.31 Å². The number of aliphatic hydroxyl groups excluding tert-OH is 1. The van der Waals surface area contributed by atoms with E-state index in [1.807, 2.05) is 70.3 Å². The average Bonchev–Trinajstić information content (AvgIpc) is 3.58. The van der Waals surface area contributed by atoms with Gasteiger partial charge in [0.1, 0.15) is 6.04 Å². The first-order valence-corrected chi connectivity index (χ1v) is 18.7. The summed E-state index contributed by atoms with van der Waals surface area (Å²) >= 11 is 13.7. The van der Waals surface area contributed by atoms with Gasteiger partial charge in [-0.15, -0.1) is 11.3 Å². The topological polar surface area (TPSA) is 123 Å². The number of urea groups is 1. The molecule has 10 nitrogen and oxygen atoms in total. The first-order valence-electron chi connectivity index (χ1n) is 15.6. The molecule has 14 heteroatoms. The Hall–Kier alpha value is -2.74. The van der Waals surface area contributed by atoms with Crippen molar-refractivity contribution in [3.05, 3.63) is 80.2 Å². The number of aromatic nitrogens is 1. The quantitative estimate of drug-likeness (QED) is 0.215. The summed E-state index contributed by atoms with van der Waals surface area (Å²) in [6, 6.07) is 11.5. The van der Waals surface area contributed by atoms with Gasteiger partial charge in [-0.3, -0.25) is 4.79 Å². The normalized spacial score (nSPS) is 15.9. The van der Waals surface area contributed by atoms with Crippen LogP contribution in [0.25, 0.3) is 0 Å². The number of benzene rings is 2. The fraction of sp³-hybridized carbons (Fsp3) is 0.485. The molecule has 0 saturated carbocycles. The number of sulfonamides is 1. The third-order valence-electron chi connectivity index (χ3n) is 7.96. The van der Waals surface area contributed by atoms with E-state index in [4.69, 9.17) is 23.2 Å². The third-order valence-corrected chi connectivity index (χ3v) is 11.4. The molecule has 4 rings (SSSR count). The first-order chi connectivity index (χ1) is 22.2. The lowest BCUT2D eigenvalue weighted by Gasteiger charge is -2.34. The number of carbonyl (C=O) groups excluding carboxylic acids is 2. The predicted octanol–water partition coefficient (Wildman–Crippen LogP) is 5.46. The number of aliphatic hydroxyl groups is 1. The summed E-state index contributed by atoms with van der Waals surface area (Å²) in [7, 11) is -4.09. The number of carbonyl (C=O) groups is 2. The second-order valence-electron chi connectivity index (χ2n) is 12.6. The Balaban J connectivity index is 1.58. The molecular weight excluding hydrogens is 681 g/mol. The van der Waals surface area contributed by atoms with E-state index in [1.54, 1.807) is 9.80 Å². The fourth-order valence-electron chi connectivity index (χ4n) is 5.71. The highest BCUT2D eigenvalue weighted by Crippen LogP contribution is 2.28. The van der Waals surface area contributed by atoms with Gasteiger partial charge in [0.2, 0.25) is 15.9 Å². The van der Waals surface area contributed by atoms with Gasteiger partial charge in [-0.1, -0.05) is 81.2 Å². The summed E-state index contributed by atoms with van der Waals surface area (Å²) in [4.78, 5) is 35.2. The summed E-state index contributed by atoms with van der Waals surface area (Å²) < 4.78 is 28.8. The molecule has 1 aliphatic heterocycles. The fourth-order valence-corrected chi connectivity index (χ4v) is 8.32. The minimum atomic E-state index is -4.09. The number of nitrogens with zero attached hydrogens (tertiary/aromatic N) is 4. The molecule has 47 heavy (non-hydrogen) atoms. The maximum Gasteiger partial charge on any atom is 0.321 e. The Kier molecular flexibility index (Phi) is 12.7. The summed E-state index contributed by atoms with van der Waals surface area (Å²) in [5.41, 5.74) is 1.66. The first kappa shape index (κ1) is 37.1. The number of hydrogen-bond donors (Lipinski definition) is 2. The van der Waals surface area contributed by atoms with Crippen molar-refractivity contribution < 1.29 is 23.1 Å². The van der Waals surface area contributed by atoms with Gasteiger partial charge < -0.3 is 20.2 Å². The molecule has 2 heterocycles. The van der Waals surface area contributed by atoms with Crippen LogP contribution < -0.4 is 5.32 Å². The van der Waals surface area contributed by atoms with Gasteiger partial charge in [-0.05, 0) is 48.9 Å². The molecule has 1 aliphatic rings. The molecule has 3 atom stereocenters. The van der Waals surface area contributed by atoms with Crippen LogP contribution in [0.1, 0.15) is 44.0 Å². The minimum absolute atomic E-state index is 0.0480.